The molecule has 0 aliphatic carbocycles. The molecular formula is C26H14F7N3O. The molecule has 0 aliphatic heterocycles. The van der Waals surface area contributed by atoms with Gasteiger partial charge in [-0.3, -0.25) is 4.79 Å². The van der Waals surface area contributed by atoms with Crippen LogP contribution in [0.25, 0.3) is 11.3 Å². The van der Waals surface area contributed by atoms with Gasteiger partial charge in [-0.25, -0.2) is 9.07 Å². The second-order valence-electron chi connectivity index (χ2n) is 7.78. The van der Waals surface area contributed by atoms with Gasteiger partial charge < -0.3 is 0 Å². The topological polar surface area (TPSA) is 47.8 Å². The Hall–Kier alpha value is -4.46. The number of carbonyl (C=O) groups excluding carboxylic acids is 1. The van der Waals surface area contributed by atoms with E-state index in [0.29, 0.717) is 17.7 Å². The van der Waals surface area contributed by atoms with Crippen molar-refractivity contribution in [2.75, 3.05) is 0 Å². The fraction of sp³-hybridized carbons (Fsp3) is 0.115. The van der Waals surface area contributed by atoms with Crippen molar-refractivity contribution in [1.82, 2.24) is 15.0 Å². The zero-order chi connectivity index (χ0) is 26.8. The summed E-state index contributed by atoms with van der Waals surface area (Å²) in [4.78, 5) is 12.4. The first kappa shape index (κ1) is 25.6. The molecule has 0 saturated heterocycles. The second kappa shape index (κ2) is 9.89. The molecule has 0 bridgehead atoms. The molecule has 1 aromatic heterocycles. The second-order valence-corrected chi connectivity index (χ2v) is 7.78. The van der Waals surface area contributed by atoms with Crippen molar-refractivity contribution in [2.45, 2.75) is 18.9 Å². The Labute approximate surface area is 205 Å². The number of halogens is 7. The highest BCUT2D eigenvalue weighted by Gasteiger charge is 2.37. The molecule has 0 aliphatic rings. The van der Waals surface area contributed by atoms with E-state index in [1.165, 1.54) is 18.2 Å². The van der Waals surface area contributed by atoms with E-state index < -0.39 is 41.6 Å². The van der Waals surface area contributed by atoms with Gasteiger partial charge in [0, 0.05) is 5.56 Å². The Morgan fingerprint density at radius 3 is 2.03 bits per heavy atom. The number of hydrogen-bond acceptors (Lipinski definition) is 3. The highest BCUT2D eigenvalue weighted by molar-refractivity contribution is 6.09. The van der Waals surface area contributed by atoms with Gasteiger partial charge in [0.1, 0.15) is 11.5 Å². The minimum Gasteiger partial charge on any atom is -0.279 e. The number of hydrogen-bond donors (Lipinski definition) is 0. The fourth-order valence-corrected chi connectivity index (χ4v) is 3.50. The molecule has 4 rings (SSSR count). The van der Waals surface area contributed by atoms with Crippen LogP contribution >= 0.6 is 0 Å². The Morgan fingerprint density at radius 2 is 1.43 bits per heavy atom. The monoisotopic (exact) mass is 517 g/mol. The Kier molecular flexibility index (Phi) is 6.85. The van der Waals surface area contributed by atoms with Crippen molar-refractivity contribution >= 4 is 5.78 Å². The summed E-state index contributed by atoms with van der Waals surface area (Å²) in [5.41, 5.74) is -3.00. The number of ketones is 1. The largest absolute Gasteiger partial charge is 0.416 e. The maximum absolute atomic E-state index is 13.9. The van der Waals surface area contributed by atoms with Crippen molar-refractivity contribution in [3.05, 3.63) is 107 Å². The summed E-state index contributed by atoms with van der Waals surface area (Å²) in [6.45, 7) is -0.507. The molecule has 0 amide bonds. The number of rotatable bonds is 4. The zero-order valence-corrected chi connectivity index (χ0v) is 18.5. The summed E-state index contributed by atoms with van der Waals surface area (Å²) >= 11 is 0. The quantitative estimate of drug-likeness (QED) is 0.179. The lowest BCUT2D eigenvalue weighted by atomic mass is 10.0. The van der Waals surface area contributed by atoms with Crippen molar-refractivity contribution in [3.8, 4) is 23.1 Å². The van der Waals surface area contributed by atoms with E-state index in [-0.39, 0.29) is 28.6 Å². The molecule has 188 valence electrons. The van der Waals surface area contributed by atoms with E-state index in [2.05, 4.69) is 22.2 Å². The van der Waals surface area contributed by atoms with Gasteiger partial charge in [0.25, 0.3) is 0 Å². The Bertz CT molecular complexity index is 1480. The number of aromatic nitrogens is 3. The van der Waals surface area contributed by atoms with Crippen LogP contribution < -0.4 is 0 Å². The minimum absolute atomic E-state index is 0.0359. The maximum atomic E-state index is 13.9. The lowest BCUT2D eigenvalue weighted by Crippen LogP contribution is -2.13. The van der Waals surface area contributed by atoms with Gasteiger partial charge in [0.05, 0.1) is 23.2 Å². The molecule has 0 fully saturated rings. The van der Waals surface area contributed by atoms with Gasteiger partial charge in [0.2, 0.25) is 5.78 Å². The van der Waals surface area contributed by atoms with Gasteiger partial charge in [-0.15, -0.1) is 5.10 Å². The average molecular weight is 517 g/mol. The summed E-state index contributed by atoms with van der Waals surface area (Å²) in [5.74, 6) is 3.13. The number of nitrogens with zero attached hydrogens (tertiary/aromatic N) is 3. The molecule has 4 nitrogen and oxygen atoms in total. The summed E-state index contributed by atoms with van der Waals surface area (Å²) in [6, 6.07) is 14.6. The molecule has 3 aromatic carbocycles. The predicted octanol–water partition coefficient (Wildman–Crippen LogP) is 6.40. The summed E-state index contributed by atoms with van der Waals surface area (Å²) in [7, 11) is 0. The predicted molar refractivity (Wildman–Crippen MR) is 119 cm³/mol. The smallest absolute Gasteiger partial charge is 0.279 e. The van der Waals surface area contributed by atoms with Crippen molar-refractivity contribution in [3.63, 3.8) is 0 Å². The number of benzene rings is 3. The molecule has 0 N–H and O–H groups in total. The third-order valence-electron chi connectivity index (χ3n) is 5.18. The van der Waals surface area contributed by atoms with E-state index in [1.54, 1.807) is 30.3 Å². The molecule has 4 aromatic rings. The lowest BCUT2D eigenvalue weighted by molar-refractivity contribution is -0.143. The molecule has 0 radical (unpaired) electrons. The highest BCUT2D eigenvalue weighted by Crippen LogP contribution is 2.36. The zero-order valence-electron chi connectivity index (χ0n) is 18.5. The van der Waals surface area contributed by atoms with E-state index in [1.807, 2.05) is 0 Å². The van der Waals surface area contributed by atoms with Crippen molar-refractivity contribution in [1.29, 1.82) is 0 Å². The minimum atomic E-state index is -5.01. The Balaban J connectivity index is 1.79. The third-order valence-corrected chi connectivity index (χ3v) is 5.18. The van der Waals surface area contributed by atoms with Crippen molar-refractivity contribution < 1.29 is 35.5 Å². The average Bonchev–Trinajstić information content (AvgIpc) is 3.24. The van der Waals surface area contributed by atoms with Crippen LogP contribution in [0.15, 0.2) is 72.8 Å². The standard InChI is InChI=1S/C26H14F7N3O/c27-21-9-5-4-8-20(21)23(37)11-10-22-24(17-6-2-1-3-7-17)36(35-34-22)15-16-12-18(25(28,29)30)14-19(13-16)26(31,32)33/h1-9,12-14H,15H2. The van der Waals surface area contributed by atoms with Gasteiger partial charge in [-0.2, -0.15) is 26.3 Å². The van der Waals surface area contributed by atoms with Gasteiger partial charge in [-0.05, 0) is 47.7 Å². The SMILES string of the molecule is O=C(C#Cc1nnn(Cc2cc(C(F)(F)F)cc(C(F)(F)F)c2)c1-c1ccccc1)c1ccccc1F. The van der Waals surface area contributed by atoms with E-state index in [9.17, 15) is 35.5 Å². The van der Waals surface area contributed by atoms with Gasteiger partial charge in [0.15, 0.2) is 5.69 Å². The molecule has 1 heterocycles. The van der Waals surface area contributed by atoms with Gasteiger partial charge in [-0.1, -0.05) is 47.7 Å². The molecule has 0 saturated carbocycles. The third kappa shape index (κ3) is 5.86. The van der Waals surface area contributed by atoms with E-state index in [4.69, 9.17) is 0 Å². The van der Waals surface area contributed by atoms with Gasteiger partial charge >= 0.3 is 12.4 Å². The number of alkyl halides is 6. The van der Waals surface area contributed by atoms with Crippen LogP contribution in [0.3, 0.4) is 0 Å². The molecule has 37 heavy (non-hydrogen) atoms. The van der Waals surface area contributed by atoms with Crippen LogP contribution in [0.4, 0.5) is 30.7 Å². The summed E-state index contributed by atoms with van der Waals surface area (Å²) < 4.78 is 94.7. The molecule has 11 heteroatoms. The van der Waals surface area contributed by atoms with Crippen LogP contribution in [0, 0.1) is 17.7 Å². The first-order valence-corrected chi connectivity index (χ1v) is 10.5. The molecule has 0 atom stereocenters. The molecule has 0 spiro atoms. The van der Waals surface area contributed by atoms with Crippen molar-refractivity contribution in [2.24, 2.45) is 0 Å². The lowest BCUT2D eigenvalue weighted by Gasteiger charge is -2.15. The van der Waals surface area contributed by atoms with Crippen LogP contribution in [0.5, 0.6) is 0 Å². The Morgan fingerprint density at radius 1 is 0.838 bits per heavy atom. The van der Waals surface area contributed by atoms with E-state index in [0.717, 1.165) is 10.7 Å². The summed E-state index contributed by atoms with van der Waals surface area (Å²) in [5, 5.41) is 7.72. The van der Waals surface area contributed by atoms with Crippen LogP contribution in [0.1, 0.15) is 32.7 Å². The fourth-order valence-electron chi connectivity index (χ4n) is 3.50. The van der Waals surface area contributed by atoms with E-state index >= 15 is 0 Å². The van der Waals surface area contributed by atoms with Crippen LogP contribution in [-0.2, 0) is 18.9 Å². The summed E-state index contributed by atoms with van der Waals surface area (Å²) in [6.07, 6.45) is -10.0. The normalized spacial score (nSPS) is 11.6. The first-order valence-electron chi connectivity index (χ1n) is 10.5. The molecule has 0 unspecified atom stereocenters. The highest BCUT2D eigenvalue weighted by atomic mass is 19.4. The molecular weight excluding hydrogens is 503 g/mol. The number of carbonyl (C=O) groups is 1. The maximum Gasteiger partial charge on any atom is 0.416 e. The first-order chi connectivity index (χ1) is 17.4. The van der Waals surface area contributed by atoms with Crippen LogP contribution in [-0.4, -0.2) is 20.8 Å². The number of Topliss-reactive ketones (excluding diaryl/α,β-unsaturated/α-hetero) is 1. The van der Waals surface area contributed by atoms with Crippen LogP contribution in [0.2, 0.25) is 0 Å².